The molecule has 5 heterocycles. The summed E-state index contributed by atoms with van der Waals surface area (Å²) in [6.45, 7) is -0.457. The van der Waals surface area contributed by atoms with Crippen LogP contribution >= 0.6 is 0 Å². The number of nitrogens with two attached hydrogens (primary N) is 1. The summed E-state index contributed by atoms with van der Waals surface area (Å²) in [6.07, 6.45) is 0.151. The SMILES string of the molecule is Nc1ccn([C@@H]2O[C@H](COC(=O)c3ccccn3)C(OC(=O)c3ccccn3)C2OC(=O)c2ccccn2)c(=O)n1. The first kappa shape index (κ1) is 27.1. The predicted octanol–water partition coefficient (Wildman–Crippen LogP) is 1.22. The molecule has 208 valence electrons. The fourth-order valence-electron chi connectivity index (χ4n) is 4.00. The maximum absolute atomic E-state index is 13.1. The number of ether oxygens (including phenoxy) is 4. The Morgan fingerprint density at radius 1 is 0.780 bits per heavy atom. The minimum atomic E-state index is -1.42. The van der Waals surface area contributed by atoms with Gasteiger partial charge in [-0.25, -0.2) is 34.1 Å². The minimum Gasteiger partial charge on any atom is -0.458 e. The number of anilines is 1. The van der Waals surface area contributed by atoms with Crippen molar-refractivity contribution in [3.05, 3.63) is 113 Å². The molecule has 0 spiro atoms. The van der Waals surface area contributed by atoms with Crippen molar-refractivity contribution in [2.45, 2.75) is 24.5 Å². The number of esters is 3. The molecule has 41 heavy (non-hydrogen) atoms. The van der Waals surface area contributed by atoms with Gasteiger partial charge in [0.05, 0.1) is 0 Å². The standard InChI is InChI=1S/C27H22N6O8/c28-20-10-14-33(27(37)32-20)23-22(41-26(36)18-9-3-6-13-31-18)21(40-25(35)17-8-2-5-12-30-17)19(39-23)15-38-24(34)16-7-1-4-11-29-16/h1-14,19,21-23H,15H2,(H2,28,32,37)/t19-,21?,22?,23-/m1/s1. The number of hydrogen-bond donors (Lipinski definition) is 1. The van der Waals surface area contributed by atoms with Gasteiger partial charge in [-0.2, -0.15) is 4.98 Å². The Balaban J connectivity index is 1.49. The highest BCUT2D eigenvalue weighted by Crippen LogP contribution is 2.34. The number of hydrogen-bond acceptors (Lipinski definition) is 13. The van der Waals surface area contributed by atoms with Crippen molar-refractivity contribution >= 4 is 23.7 Å². The number of aromatic nitrogens is 5. The predicted molar refractivity (Wildman–Crippen MR) is 138 cm³/mol. The average Bonchev–Trinajstić information content (AvgIpc) is 3.33. The van der Waals surface area contributed by atoms with Gasteiger partial charge in [0.2, 0.25) is 0 Å². The zero-order valence-electron chi connectivity index (χ0n) is 21.2. The van der Waals surface area contributed by atoms with Gasteiger partial charge in [0, 0.05) is 24.8 Å². The lowest BCUT2D eigenvalue weighted by Gasteiger charge is -2.24. The average molecular weight is 559 g/mol. The molecular weight excluding hydrogens is 536 g/mol. The van der Waals surface area contributed by atoms with Crippen molar-refractivity contribution in [1.29, 1.82) is 0 Å². The highest BCUT2D eigenvalue weighted by molar-refractivity contribution is 5.88. The molecule has 0 aromatic carbocycles. The molecule has 1 saturated heterocycles. The number of pyridine rings is 3. The summed E-state index contributed by atoms with van der Waals surface area (Å²) in [7, 11) is 0. The van der Waals surface area contributed by atoms with E-state index >= 15 is 0 Å². The van der Waals surface area contributed by atoms with Crippen LogP contribution in [-0.4, -0.2) is 67.3 Å². The number of rotatable bonds is 8. The van der Waals surface area contributed by atoms with Crippen molar-refractivity contribution in [2.75, 3.05) is 12.3 Å². The summed E-state index contributed by atoms with van der Waals surface area (Å²) in [5.41, 5.74) is 4.76. The Labute approximate surface area is 231 Å². The van der Waals surface area contributed by atoms with E-state index in [0.29, 0.717) is 0 Å². The van der Waals surface area contributed by atoms with Gasteiger partial charge >= 0.3 is 23.6 Å². The van der Waals surface area contributed by atoms with Crippen LogP contribution in [0.1, 0.15) is 37.7 Å². The van der Waals surface area contributed by atoms with Gasteiger partial charge in [-0.15, -0.1) is 0 Å². The third-order valence-corrected chi connectivity index (χ3v) is 5.90. The normalized spacial score (nSPS) is 19.7. The first-order chi connectivity index (χ1) is 19.9. The van der Waals surface area contributed by atoms with Gasteiger partial charge in [0.25, 0.3) is 0 Å². The second-order valence-corrected chi connectivity index (χ2v) is 8.59. The van der Waals surface area contributed by atoms with Gasteiger partial charge in [0.15, 0.2) is 18.4 Å². The van der Waals surface area contributed by atoms with Crippen LogP contribution < -0.4 is 11.4 Å². The lowest BCUT2D eigenvalue weighted by Crippen LogP contribution is -2.42. The lowest BCUT2D eigenvalue weighted by atomic mass is 10.1. The van der Waals surface area contributed by atoms with E-state index in [4.69, 9.17) is 24.7 Å². The molecule has 4 atom stereocenters. The zero-order valence-corrected chi connectivity index (χ0v) is 21.2. The van der Waals surface area contributed by atoms with E-state index in [-0.39, 0.29) is 22.9 Å². The van der Waals surface area contributed by atoms with E-state index in [1.165, 1.54) is 49.1 Å². The van der Waals surface area contributed by atoms with E-state index < -0.39 is 54.7 Å². The third-order valence-electron chi connectivity index (χ3n) is 5.90. The van der Waals surface area contributed by atoms with Crippen molar-refractivity contribution in [3.8, 4) is 0 Å². The number of carbonyl (C=O) groups excluding carboxylic acids is 3. The smallest absolute Gasteiger partial charge is 0.357 e. The number of nitrogens with zero attached hydrogens (tertiary/aromatic N) is 5. The summed E-state index contributed by atoms with van der Waals surface area (Å²) in [5, 5.41) is 0. The van der Waals surface area contributed by atoms with Crippen LogP contribution in [0.2, 0.25) is 0 Å². The first-order valence-electron chi connectivity index (χ1n) is 12.2. The Bertz CT molecular complexity index is 1590. The summed E-state index contributed by atoms with van der Waals surface area (Å²) >= 11 is 0. The Hall–Kier alpha value is -5.50. The second kappa shape index (κ2) is 12.1. The summed E-state index contributed by atoms with van der Waals surface area (Å²) in [4.78, 5) is 67.1. The van der Waals surface area contributed by atoms with Crippen LogP contribution in [0, 0.1) is 0 Å². The molecule has 4 aromatic heterocycles. The Morgan fingerprint density at radius 3 is 1.83 bits per heavy atom. The molecule has 2 unspecified atom stereocenters. The van der Waals surface area contributed by atoms with Gasteiger partial charge in [0.1, 0.15) is 35.6 Å². The highest BCUT2D eigenvalue weighted by Gasteiger charge is 2.52. The van der Waals surface area contributed by atoms with E-state index in [1.54, 1.807) is 36.4 Å². The summed E-state index contributed by atoms with van der Waals surface area (Å²) in [5.74, 6) is -2.58. The molecule has 0 aliphatic carbocycles. The molecule has 5 rings (SSSR count). The second-order valence-electron chi connectivity index (χ2n) is 8.59. The fourth-order valence-corrected chi connectivity index (χ4v) is 4.00. The molecule has 14 heteroatoms. The van der Waals surface area contributed by atoms with Gasteiger partial charge in [-0.05, 0) is 42.5 Å². The minimum absolute atomic E-state index is 0.0289. The van der Waals surface area contributed by atoms with Gasteiger partial charge < -0.3 is 24.7 Å². The van der Waals surface area contributed by atoms with Crippen LogP contribution in [-0.2, 0) is 18.9 Å². The van der Waals surface area contributed by atoms with E-state index in [2.05, 4.69) is 19.9 Å². The summed E-state index contributed by atoms with van der Waals surface area (Å²) in [6, 6.07) is 15.3. The number of nitrogen functional groups attached to an aromatic ring is 1. The summed E-state index contributed by atoms with van der Waals surface area (Å²) < 4.78 is 23.9. The van der Waals surface area contributed by atoms with E-state index in [9.17, 15) is 19.2 Å². The van der Waals surface area contributed by atoms with Gasteiger partial charge in [-0.3, -0.25) is 4.57 Å². The van der Waals surface area contributed by atoms with Crippen LogP contribution in [0.5, 0.6) is 0 Å². The topological polar surface area (TPSA) is 188 Å². The maximum Gasteiger partial charge on any atom is 0.357 e. The Morgan fingerprint density at radius 2 is 1.32 bits per heavy atom. The maximum atomic E-state index is 13.1. The number of carbonyl (C=O) groups is 3. The molecule has 2 N–H and O–H groups in total. The van der Waals surface area contributed by atoms with Crippen molar-refractivity contribution in [1.82, 2.24) is 24.5 Å². The molecule has 4 aromatic rings. The molecule has 0 amide bonds. The molecule has 0 radical (unpaired) electrons. The quantitative estimate of drug-likeness (QED) is 0.240. The molecule has 14 nitrogen and oxygen atoms in total. The lowest BCUT2D eigenvalue weighted by molar-refractivity contribution is -0.0641. The van der Waals surface area contributed by atoms with E-state index in [1.807, 2.05) is 0 Å². The van der Waals surface area contributed by atoms with Crippen LogP contribution in [0.25, 0.3) is 0 Å². The molecule has 0 bridgehead atoms. The monoisotopic (exact) mass is 558 g/mol. The van der Waals surface area contributed by atoms with Crippen molar-refractivity contribution in [2.24, 2.45) is 0 Å². The van der Waals surface area contributed by atoms with Crippen molar-refractivity contribution in [3.63, 3.8) is 0 Å². The zero-order chi connectivity index (χ0) is 28.8. The largest absolute Gasteiger partial charge is 0.458 e. The molecule has 1 fully saturated rings. The van der Waals surface area contributed by atoms with Crippen LogP contribution in [0.4, 0.5) is 5.82 Å². The molecular formula is C27H22N6O8. The first-order valence-corrected chi connectivity index (χ1v) is 12.2. The molecule has 0 saturated carbocycles. The Kier molecular flexibility index (Phi) is 8.01. The van der Waals surface area contributed by atoms with Gasteiger partial charge in [-0.1, -0.05) is 18.2 Å². The molecule has 1 aliphatic rings. The van der Waals surface area contributed by atoms with Crippen LogP contribution in [0.15, 0.2) is 90.2 Å². The third kappa shape index (κ3) is 6.23. The fraction of sp³-hybridized carbons (Fsp3) is 0.185. The highest BCUT2D eigenvalue weighted by atomic mass is 16.7. The van der Waals surface area contributed by atoms with Crippen molar-refractivity contribution < 1.29 is 33.3 Å². The molecule has 1 aliphatic heterocycles. The van der Waals surface area contributed by atoms with Crippen LogP contribution in [0.3, 0.4) is 0 Å². The van der Waals surface area contributed by atoms with E-state index in [0.717, 1.165) is 4.57 Å².